The van der Waals surface area contributed by atoms with Crippen LogP contribution in [0, 0.1) is 0 Å². The van der Waals surface area contributed by atoms with Crippen LogP contribution in [0.3, 0.4) is 0 Å². The zero-order chi connectivity index (χ0) is 16.8. The molecule has 124 valence electrons. The number of methoxy groups -OCH3 is 1. The first-order valence-electron chi connectivity index (χ1n) is 7.32. The van der Waals surface area contributed by atoms with E-state index in [1.165, 1.54) is 4.90 Å². The Balaban J connectivity index is 1.61. The molecule has 7 heteroatoms. The molecule has 0 amide bonds. The van der Waals surface area contributed by atoms with Crippen LogP contribution >= 0.6 is 35.1 Å². The fraction of sp³-hybridized carbons (Fsp3) is 0.176. The second-order valence-corrected chi connectivity index (χ2v) is 7.47. The molecule has 3 rings (SSSR count). The summed E-state index contributed by atoms with van der Waals surface area (Å²) in [6, 6.07) is 15.7. The van der Waals surface area contributed by atoms with Crippen LogP contribution in [0.5, 0.6) is 5.75 Å². The predicted octanol–water partition coefficient (Wildman–Crippen LogP) is 4.81. The van der Waals surface area contributed by atoms with E-state index in [9.17, 15) is 0 Å². The van der Waals surface area contributed by atoms with Crippen LogP contribution < -0.4 is 4.74 Å². The van der Waals surface area contributed by atoms with Crippen LogP contribution in [0.2, 0.25) is 5.02 Å². The first-order valence-corrected chi connectivity index (χ1v) is 9.67. The van der Waals surface area contributed by atoms with Crippen molar-refractivity contribution < 1.29 is 4.74 Å². The zero-order valence-corrected chi connectivity index (χ0v) is 15.4. The number of halogens is 1. The summed E-state index contributed by atoms with van der Waals surface area (Å²) in [5, 5.41) is 9.87. The fourth-order valence-electron chi connectivity index (χ4n) is 2.14. The van der Waals surface area contributed by atoms with E-state index >= 15 is 0 Å². The van der Waals surface area contributed by atoms with Crippen LogP contribution in [0.25, 0.3) is 5.69 Å². The molecule has 0 atom stereocenters. The molecule has 0 bridgehead atoms. The summed E-state index contributed by atoms with van der Waals surface area (Å²) in [6.45, 7) is 0. The normalized spacial score (nSPS) is 10.8. The zero-order valence-electron chi connectivity index (χ0n) is 13.1. The van der Waals surface area contributed by atoms with Gasteiger partial charge in [0.05, 0.1) is 12.8 Å². The van der Waals surface area contributed by atoms with Gasteiger partial charge in [-0.2, -0.15) is 0 Å². The second-order valence-electron chi connectivity index (χ2n) is 4.81. The van der Waals surface area contributed by atoms with Crippen LogP contribution in [0.15, 0.2) is 64.9 Å². The summed E-state index contributed by atoms with van der Waals surface area (Å²) < 4.78 is 7.37. The van der Waals surface area contributed by atoms with E-state index in [0.717, 1.165) is 33.1 Å². The Hall–Kier alpha value is -1.63. The molecule has 4 nitrogen and oxygen atoms in total. The van der Waals surface area contributed by atoms with Gasteiger partial charge in [-0.15, -0.1) is 22.0 Å². The summed E-state index contributed by atoms with van der Waals surface area (Å²) in [4.78, 5) is 1.21. The Morgan fingerprint density at radius 3 is 2.58 bits per heavy atom. The highest BCUT2D eigenvalue weighted by Crippen LogP contribution is 2.28. The van der Waals surface area contributed by atoms with Crippen LogP contribution in [-0.2, 0) is 0 Å². The molecule has 0 aliphatic carbocycles. The third-order valence-electron chi connectivity index (χ3n) is 3.26. The van der Waals surface area contributed by atoms with E-state index in [-0.39, 0.29) is 0 Å². The molecule has 0 aliphatic heterocycles. The lowest BCUT2D eigenvalue weighted by atomic mass is 10.3. The third kappa shape index (κ3) is 4.26. The van der Waals surface area contributed by atoms with Crippen molar-refractivity contribution in [1.29, 1.82) is 0 Å². The highest BCUT2D eigenvalue weighted by atomic mass is 35.5. The van der Waals surface area contributed by atoms with E-state index in [0.29, 0.717) is 0 Å². The third-order valence-corrected chi connectivity index (χ3v) is 5.73. The highest BCUT2D eigenvalue weighted by molar-refractivity contribution is 8.02. The molecule has 1 heterocycles. The smallest absolute Gasteiger partial charge is 0.195 e. The summed E-state index contributed by atoms with van der Waals surface area (Å²) in [5.41, 5.74) is 0.942. The van der Waals surface area contributed by atoms with Crippen molar-refractivity contribution >= 4 is 35.1 Å². The standard InChI is InChI=1S/C17H16ClN3OS2/c1-22-16-5-3-2-4-15(16)21-12-19-20-17(21)24-11-10-23-14-8-6-13(18)7-9-14/h2-9,12H,10-11H2,1H3. The fourth-order valence-corrected chi connectivity index (χ4v) is 4.07. The molecular formula is C17H16ClN3OS2. The van der Waals surface area contributed by atoms with Gasteiger partial charge < -0.3 is 4.74 Å². The number of hydrogen-bond donors (Lipinski definition) is 0. The molecule has 0 fully saturated rings. The maximum absolute atomic E-state index is 5.90. The maximum atomic E-state index is 5.90. The lowest BCUT2D eigenvalue weighted by Crippen LogP contribution is -1.99. The molecule has 0 radical (unpaired) electrons. The topological polar surface area (TPSA) is 39.9 Å². The van der Waals surface area contributed by atoms with Crippen molar-refractivity contribution in [3.05, 3.63) is 59.9 Å². The van der Waals surface area contributed by atoms with E-state index in [4.69, 9.17) is 16.3 Å². The first-order chi connectivity index (χ1) is 11.8. The molecular weight excluding hydrogens is 362 g/mol. The van der Waals surface area contributed by atoms with Gasteiger partial charge in [-0.05, 0) is 36.4 Å². The monoisotopic (exact) mass is 377 g/mol. The van der Waals surface area contributed by atoms with E-state index in [1.807, 2.05) is 53.1 Å². The molecule has 0 spiro atoms. The molecule has 24 heavy (non-hydrogen) atoms. The van der Waals surface area contributed by atoms with Crippen molar-refractivity contribution in [1.82, 2.24) is 14.8 Å². The highest BCUT2D eigenvalue weighted by Gasteiger charge is 2.11. The van der Waals surface area contributed by atoms with Gasteiger partial charge >= 0.3 is 0 Å². The Morgan fingerprint density at radius 1 is 1.04 bits per heavy atom. The van der Waals surface area contributed by atoms with E-state index < -0.39 is 0 Å². The van der Waals surface area contributed by atoms with E-state index in [2.05, 4.69) is 10.2 Å². The van der Waals surface area contributed by atoms with Gasteiger partial charge in [0.1, 0.15) is 12.1 Å². The van der Waals surface area contributed by atoms with Crippen LogP contribution in [-0.4, -0.2) is 33.4 Å². The summed E-state index contributed by atoms with van der Waals surface area (Å²) in [7, 11) is 1.67. The number of hydrogen-bond acceptors (Lipinski definition) is 5. The second kappa shape index (κ2) is 8.46. The van der Waals surface area contributed by atoms with E-state index in [1.54, 1.807) is 37.0 Å². The first kappa shape index (κ1) is 17.2. The predicted molar refractivity (Wildman–Crippen MR) is 101 cm³/mol. The maximum Gasteiger partial charge on any atom is 0.195 e. The molecule has 3 aromatic rings. The van der Waals surface area contributed by atoms with Crippen molar-refractivity contribution in [3.8, 4) is 11.4 Å². The van der Waals surface area contributed by atoms with Gasteiger partial charge in [-0.25, -0.2) is 0 Å². The Morgan fingerprint density at radius 2 is 1.79 bits per heavy atom. The minimum absolute atomic E-state index is 0.763. The lowest BCUT2D eigenvalue weighted by Gasteiger charge is -2.10. The largest absolute Gasteiger partial charge is 0.495 e. The van der Waals surface area contributed by atoms with Gasteiger partial charge in [-0.3, -0.25) is 4.57 Å². The number of ether oxygens (including phenoxy) is 1. The molecule has 0 saturated heterocycles. The van der Waals surface area contributed by atoms with Crippen LogP contribution in [0.1, 0.15) is 0 Å². The average Bonchev–Trinajstić information content (AvgIpc) is 3.08. The minimum Gasteiger partial charge on any atom is -0.495 e. The van der Waals surface area contributed by atoms with Crippen molar-refractivity contribution in [3.63, 3.8) is 0 Å². The molecule has 0 saturated carbocycles. The Labute approximate surface area is 154 Å². The van der Waals surface area contributed by atoms with Gasteiger partial charge in [0.15, 0.2) is 5.16 Å². The Kier molecular flexibility index (Phi) is 6.07. The van der Waals surface area contributed by atoms with Crippen molar-refractivity contribution in [2.24, 2.45) is 0 Å². The summed E-state index contributed by atoms with van der Waals surface area (Å²) >= 11 is 9.38. The average molecular weight is 378 g/mol. The van der Waals surface area contributed by atoms with Crippen LogP contribution in [0.4, 0.5) is 0 Å². The van der Waals surface area contributed by atoms with Crippen molar-refractivity contribution in [2.45, 2.75) is 10.1 Å². The molecule has 0 N–H and O–H groups in total. The lowest BCUT2D eigenvalue weighted by molar-refractivity contribution is 0.412. The number of rotatable bonds is 7. The number of thioether (sulfide) groups is 2. The number of benzene rings is 2. The van der Waals surface area contributed by atoms with Gasteiger partial charge in [0.25, 0.3) is 0 Å². The summed E-state index contributed by atoms with van der Waals surface area (Å²) in [5.74, 6) is 2.71. The quantitative estimate of drug-likeness (QED) is 0.436. The number of nitrogens with zero attached hydrogens (tertiary/aromatic N) is 3. The number of para-hydroxylation sites is 2. The molecule has 0 unspecified atom stereocenters. The van der Waals surface area contributed by atoms with Gasteiger partial charge in [-0.1, -0.05) is 35.5 Å². The SMILES string of the molecule is COc1ccccc1-n1cnnc1SCCSc1ccc(Cl)cc1. The van der Waals surface area contributed by atoms with Crippen molar-refractivity contribution in [2.75, 3.05) is 18.6 Å². The van der Waals surface area contributed by atoms with Gasteiger partial charge in [0, 0.05) is 21.4 Å². The molecule has 1 aromatic heterocycles. The van der Waals surface area contributed by atoms with Gasteiger partial charge in [0.2, 0.25) is 0 Å². The molecule has 2 aromatic carbocycles. The number of aromatic nitrogens is 3. The minimum atomic E-state index is 0.763. The molecule has 0 aliphatic rings. The summed E-state index contributed by atoms with van der Waals surface area (Å²) in [6.07, 6.45) is 1.71. The Bertz CT molecular complexity index is 793.